The molecule has 0 aliphatic heterocycles. The summed E-state index contributed by atoms with van der Waals surface area (Å²) in [6.07, 6.45) is 4.63. The van der Waals surface area contributed by atoms with Crippen LogP contribution < -0.4 is 4.74 Å². The van der Waals surface area contributed by atoms with Crippen molar-refractivity contribution in [3.63, 3.8) is 0 Å². The van der Waals surface area contributed by atoms with Gasteiger partial charge < -0.3 is 4.74 Å². The lowest BCUT2D eigenvalue weighted by atomic mass is 9.68. The van der Waals surface area contributed by atoms with Crippen LogP contribution >= 0.6 is 0 Å². The normalized spacial score (nSPS) is 22.3. The molecule has 48 heavy (non-hydrogen) atoms. The summed E-state index contributed by atoms with van der Waals surface area (Å²) in [7, 11) is 0. The van der Waals surface area contributed by atoms with Crippen LogP contribution in [0.15, 0.2) is 54.6 Å². The van der Waals surface area contributed by atoms with Crippen molar-refractivity contribution >= 4 is 0 Å². The second kappa shape index (κ2) is 14.5. The number of rotatable bonds is 9. The first-order chi connectivity index (χ1) is 22.7. The van der Waals surface area contributed by atoms with E-state index in [-0.39, 0.29) is 23.6 Å². The fourth-order valence-electron chi connectivity index (χ4n) is 7.47. The number of benzene rings is 3. The van der Waals surface area contributed by atoms with Gasteiger partial charge in [0.15, 0.2) is 0 Å². The molecule has 0 atom stereocenters. The highest BCUT2D eigenvalue weighted by Crippen LogP contribution is 2.46. The summed E-state index contributed by atoms with van der Waals surface area (Å²) in [6, 6.07) is 4.11. The van der Waals surface area contributed by atoms with Gasteiger partial charge in [-0.15, -0.1) is 0 Å². The molecule has 2 fully saturated rings. The van der Waals surface area contributed by atoms with E-state index in [2.05, 4.69) is 16.9 Å². The minimum atomic E-state index is -5.35. The Morgan fingerprint density at radius 2 is 1.21 bits per heavy atom. The zero-order chi connectivity index (χ0) is 34.8. The van der Waals surface area contributed by atoms with Crippen LogP contribution in [-0.4, -0.2) is 0 Å². The van der Waals surface area contributed by atoms with E-state index in [1.165, 1.54) is 32.1 Å². The van der Waals surface area contributed by atoms with E-state index in [9.17, 15) is 26.3 Å². The minimum Gasteiger partial charge on any atom is -0.429 e. The van der Waals surface area contributed by atoms with Gasteiger partial charge in [0.05, 0.1) is 0 Å². The van der Waals surface area contributed by atoms with Crippen LogP contribution in [-0.2, 0) is 12.3 Å². The average Bonchev–Trinajstić information content (AvgIpc) is 3.00. The lowest BCUT2D eigenvalue weighted by molar-refractivity contribution is -0.189. The van der Waals surface area contributed by atoms with Crippen LogP contribution in [0.1, 0.15) is 93.7 Å². The van der Waals surface area contributed by atoms with Crippen LogP contribution in [0.3, 0.4) is 0 Å². The molecule has 260 valence electrons. The Balaban J connectivity index is 1.23. The fraction of sp³-hybridized carbons (Fsp3) is 0.459. The monoisotopic (exact) mass is 686 g/mol. The van der Waals surface area contributed by atoms with E-state index in [1.807, 2.05) is 6.92 Å². The van der Waals surface area contributed by atoms with E-state index < -0.39 is 69.4 Å². The van der Waals surface area contributed by atoms with Crippen molar-refractivity contribution in [3.8, 4) is 16.9 Å². The number of halogens is 10. The summed E-state index contributed by atoms with van der Waals surface area (Å²) in [5, 5.41) is 0. The van der Waals surface area contributed by atoms with E-state index in [1.54, 1.807) is 0 Å². The lowest BCUT2D eigenvalue weighted by Gasteiger charge is -2.38. The molecule has 0 saturated heterocycles. The maximum Gasteiger partial charge on any atom is 0.432 e. The molecule has 2 aliphatic carbocycles. The molecule has 3 aromatic carbocycles. The van der Waals surface area contributed by atoms with Crippen molar-refractivity contribution in [2.24, 2.45) is 17.8 Å². The predicted molar refractivity (Wildman–Crippen MR) is 162 cm³/mol. The third-order valence-electron chi connectivity index (χ3n) is 9.96. The van der Waals surface area contributed by atoms with Crippen LogP contribution in [0.5, 0.6) is 5.75 Å². The first kappa shape index (κ1) is 35.8. The maximum absolute atomic E-state index is 15.1. The third-order valence-corrected chi connectivity index (χ3v) is 9.96. The van der Waals surface area contributed by atoms with Crippen LogP contribution in [0.25, 0.3) is 11.1 Å². The first-order valence-electron chi connectivity index (χ1n) is 16.2. The molecule has 0 heterocycles. The molecule has 1 nitrogen and oxygen atoms in total. The SMILES string of the molecule is CC=CCCC1CCC(C2CCC(c3cc(F)c(C(F)(F)Oc4ccc(-c5cc(F)c(C(F)(F)F)c(F)c5)c(F)c4)c(F)c3)CC2)CC1. The molecule has 0 bridgehead atoms. The van der Waals surface area contributed by atoms with Gasteiger partial charge in [-0.3, -0.25) is 0 Å². The quantitative estimate of drug-likeness (QED) is 0.161. The first-order valence-corrected chi connectivity index (χ1v) is 16.2. The number of ether oxygens (including phenoxy) is 1. The van der Waals surface area contributed by atoms with Gasteiger partial charge in [-0.1, -0.05) is 25.0 Å². The molecule has 11 heteroatoms. The summed E-state index contributed by atoms with van der Waals surface area (Å²) in [6.45, 7) is 2.02. The van der Waals surface area contributed by atoms with E-state index in [0.717, 1.165) is 49.4 Å². The zero-order valence-electron chi connectivity index (χ0n) is 26.3. The summed E-state index contributed by atoms with van der Waals surface area (Å²) >= 11 is 0. The second-order valence-electron chi connectivity index (χ2n) is 13.0. The Hall–Kier alpha value is -3.50. The third kappa shape index (κ3) is 8.03. The smallest absolute Gasteiger partial charge is 0.429 e. The summed E-state index contributed by atoms with van der Waals surface area (Å²) in [5.41, 5.74) is -4.82. The highest BCUT2D eigenvalue weighted by molar-refractivity contribution is 5.66. The van der Waals surface area contributed by atoms with Gasteiger partial charge in [0.25, 0.3) is 0 Å². The highest BCUT2D eigenvalue weighted by Gasteiger charge is 2.42. The number of allylic oxidation sites excluding steroid dienone is 2. The summed E-state index contributed by atoms with van der Waals surface area (Å²) in [4.78, 5) is 0. The van der Waals surface area contributed by atoms with Crippen LogP contribution in [0.2, 0.25) is 0 Å². The molecule has 0 N–H and O–H groups in total. The molecule has 0 radical (unpaired) electrons. The Bertz CT molecular complexity index is 1570. The zero-order valence-corrected chi connectivity index (χ0v) is 26.3. The van der Waals surface area contributed by atoms with Crippen molar-refractivity contribution < 1.29 is 48.6 Å². The molecule has 0 aromatic heterocycles. The molecule has 2 aliphatic rings. The molecule has 3 aromatic rings. The van der Waals surface area contributed by atoms with Crippen LogP contribution in [0, 0.1) is 46.8 Å². The van der Waals surface area contributed by atoms with Crippen molar-refractivity contribution in [1.82, 2.24) is 0 Å². The molecule has 5 rings (SSSR count). The van der Waals surface area contributed by atoms with Crippen molar-refractivity contribution in [2.45, 2.75) is 89.3 Å². The lowest BCUT2D eigenvalue weighted by Crippen LogP contribution is -2.27. The molecule has 0 amide bonds. The Morgan fingerprint density at radius 3 is 1.73 bits per heavy atom. The maximum atomic E-state index is 15.1. The van der Waals surface area contributed by atoms with Gasteiger partial charge in [0.2, 0.25) is 0 Å². The van der Waals surface area contributed by atoms with Gasteiger partial charge in [0, 0.05) is 11.6 Å². The Kier molecular flexibility index (Phi) is 10.8. The Labute approximate surface area is 273 Å². The van der Waals surface area contributed by atoms with Gasteiger partial charge in [-0.2, -0.15) is 22.0 Å². The van der Waals surface area contributed by atoms with Crippen LogP contribution in [0.4, 0.5) is 43.9 Å². The molecule has 0 spiro atoms. The average molecular weight is 687 g/mol. The number of hydrogen-bond acceptors (Lipinski definition) is 1. The standard InChI is InChI=1S/C37H36F10O/c1-2-3-4-5-21-6-8-22(9-7-21)23-10-12-24(13-11-23)25-16-32(41)35(33(42)17-25)37(46,47)48-27-14-15-28(29(38)20-27)26-18-30(39)34(31(40)19-26)36(43,44)45/h2-3,14-24H,4-13H2,1H3. The van der Waals surface area contributed by atoms with Gasteiger partial charge in [0.1, 0.15) is 46.0 Å². The van der Waals surface area contributed by atoms with Crippen molar-refractivity contribution in [3.05, 3.63) is 100 Å². The number of hydrogen-bond donors (Lipinski definition) is 0. The Morgan fingerprint density at radius 1 is 0.667 bits per heavy atom. The second-order valence-corrected chi connectivity index (χ2v) is 13.0. The van der Waals surface area contributed by atoms with E-state index in [4.69, 9.17) is 0 Å². The topological polar surface area (TPSA) is 9.23 Å². The van der Waals surface area contributed by atoms with Crippen molar-refractivity contribution in [1.29, 1.82) is 0 Å². The van der Waals surface area contributed by atoms with Gasteiger partial charge >= 0.3 is 12.3 Å². The fourth-order valence-corrected chi connectivity index (χ4v) is 7.47. The molecular weight excluding hydrogens is 650 g/mol. The predicted octanol–water partition coefficient (Wildman–Crippen LogP) is 12.6. The highest BCUT2D eigenvalue weighted by atomic mass is 19.4. The minimum absolute atomic E-state index is 0.187. The van der Waals surface area contributed by atoms with E-state index >= 15 is 17.6 Å². The van der Waals surface area contributed by atoms with Gasteiger partial charge in [-0.25, -0.2) is 22.0 Å². The molecular formula is C37H36F10O. The van der Waals surface area contributed by atoms with Gasteiger partial charge in [-0.05, 0) is 129 Å². The summed E-state index contributed by atoms with van der Waals surface area (Å²) in [5.74, 6) is -7.59. The molecule has 0 unspecified atom stereocenters. The van der Waals surface area contributed by atoms with Crippen molar-refractivity contribution in [2.75, 3.05) is 0 Å². The van der Waals surface area contributed by atoms with E-state index in [0.29, 0.717) is 30.7 Å². The number of alkyl halides is 5. The summed E-state index contributed by atoms with van der Waals surface area (Å²) < 4.78 is 146. The largest absolute Gasteiger partial charge is 0.432 e. The molecule has 2 saturated carbocycles.